The summed E-state index contributed by atoms with van der Waals surface area (Å²) in [4.78, 5) is 2.91. The summed E-state index contributed by atoms with van der Waals surface area (Å²) in [5.41, 5.74) is 1.35. The number of sulfonamides is 1. The van der Waals surface area contributed by atoms with Crippen LogP contribution in [0.1, 0.15) is 37.7 Å². The number of rotatable bonds is 6. The van der Waals surface area contributed by atoms with Crippen molar-refractivity contribution in [1.82, 2.24) is 9.62 Å². The fourth-order valence-electron chi connectivity index (χ4n) is 5.65. The summed E-state index contributed by atoms with van der Waals surface area (Å²) < 4.78 is 29.8. The molecular formula is C27H31ClN2O2S. The van der Waals surface area contributed by atoms with Crippen molar-refractivity contribution in [2.24, 2.45) is 5.92 Å². The lowest BCUT2D eigenvalue weighted by Crippen LogP contribution is -2.51. The van der Waals surface area contributed by atoms with Crippen LogP contribution in [-0.2, 0) is 16.4 Å². The van der Waals surface area contributed by atoms with E-state index in [4.69, 9.17) is 11.6 Å². The standard InChI is InChI=1S/C27H31ClN2O2S/c28-23-13-11-20(12-14-23)19-21-15-17-30(18-16-21)26-9-4-8-25(26)29-33(31,32)27-10-3-6-22-5-1-2-7-24(22)27/h1-3,5-7,10-14,21,25-26,29H,4,8-9,15-19H2/t25-,26-/m1/s1. The summed E-state index contributed by atoms with van der Waals surface area (Å²) in [6, 6.07) is 21.6. The van der Waals surface area contributed by atoms with Gasteiger partial charge in [-0.3, -0.25) is 4.90 Å². The highest BCUT2D eigenvalue weighted by Gasteiger charge is 2.36. The van der Waals surface area contributed by atoms with Crippen molar-refractivity contribution in [1.29, 1.82) is 0 Å². The monoisotopic (exact) mass is 482 g/mol. The van der Waals surface area contributed by atoms with Gasteiger partial charge in [0.25, 0.3) is 0 Å². The normalized spacial score (nSPS) is 22.7. The van der Waals surface area contributed by atoms with E-state index in [2.05, 4.69) is 21.8 Å². The highest BCUT2D eigenvalue weighted by molar-refractivity contribution is 7.89. The number of nitrogens with one attached hydrogen (secondary N) is 1. The number of benzene rings is 3. The molecule has 0 bridgehead atoms. The molecule has 4 nitrogen and oxygen atoms in total. The van der Waals surface area contributed by atoms with Gasteiger partial charge in [-0.2, -0.15) is 0 Å². The Bertz CT molecular complexity index is 1200. The van der Waals surface area contributed by atoms with Crippen molar-refractivity contribution in [2.75, 3.05) is 13.1 Å². The number of halogens is 1. The maximum Gasteiger partial charge on any atom is 0.241 e. The zero-order valence-corrected chi connectivity index (χ0v) is 20.4. The van der Waals surface area contributed by atoms with Crippen molar-refractivity contribution in [3.8, 4) is 0 Å². The predicted octanol–water partition coefficient (Wildman–Crippen LogP) is 5.65. The fraction of sp³-hybridized carbons (Fsp3) is 0.407. The molecule has 1 saturated heterocycles. The molecule has 2 fully saturated rings. The summed E-state index contributed by atoms with van der Waals surface area (Å²) >= 11 is 6.02. The van der Waals surface area contributed by atoms with Crippen LogP contribution in [0.15, 0.2) is 71.6 Å². The van der Waals surface area contributed by atoms with Gasteiger partial charge >= 0.3 is 0 Å². The van der Waals surface area contributed by atoms with Crippen molar-refractivity contribution in [2.45, 2.75) is 55.5 Å². The molecule has 33 heavy (non-hydrogen) atoms. The third kappa shape index (κ3) is 5.12. The third-order valence-electron chi connectivity index (χ3n) is 7.38. The van der Waals surface area contributed by atoms with E-state index in [0.717, 1.165) is 67.4 Å². The first kappa shape index (κ1) is 22.9. The molecule has 2 aliphatic rings. The molecule has 0 amide bonds. The lowest BCUT2D eigenvalue weighted by molar-refractivity contribution is 0.122. The minimum atomic E-state index is -3.58. The molecule has 1 saturated carbocycles. The van der Waals surface area contributed by atoms with Gasteiger partial charge in [0.1, 0.15) is 0 Å². The molecule has 174 valence electrons. The molecule has 1 heterocycles. The maximum atomic E-state index is 13.4. The Morgan fingerprint density at radius 3 is 2.39 bits per heavy atom. The third-order valence-corrected chi connectivity index (χ3v) is 9.18. The van der Waals surface area contributed by atoms with Gasteiger partial charge in [0.15, 0.2) is 0 Å². The minimum Gasteiger partial charge on any atom is -0.299 e. The topological polar surface area (TPSA) is 49.4 Å². The van der Waals surface area contributed by atoms with Gasteiger partial charge in [-0.05, 0) is 80.3 Å². The van der Waals surface area contributed by atoms with E-state index in [1.807, 2.05) is 48.5 Å². The van der Waals surface area contributed by atoms with Crippen LogP contribution in [0.3, 0.4) is 0 Å². The summed E-state index contributed by atoms with van der Waals surface area (Å²) in [5.74, 6) is 0.676. The molecule has 3 aromatic rings. The Balaban J connectivity index is 1.24. The molecule has 1 N–H and O–H groups in total. The van der Waals surface area contributed by atoms with E-state index in [-0.39, 0.29) is 12.1 Å². The van der Waals surface area contributed by atoms with Crippen molar-refractivity contribution in [3.63, 3.8) is 0 Å². The lowest BCUT2D eigenvalue weighted by Gasteiger charge is -2.38. The van der Waals surface area contributed by atoms with Gasteiger partial charge in [0.2, 0.25) is 10.0 Å². The Morgan fingerprint density at radius 2 is 1.61 bits per heavy atom. The quantitative estimate of drug-likeness (QED) is 0.494. The Kier molecular flexibility index (Phi) is 6.75. The van der Waals surface area contributed by atoms with Gasteiger partial charge in [0, 0.05) is 22.5 Å². The molecule has 6 heteroatoms. The van der Waals surface area contributed by atoms with Gasteiger partial charge in [0.05, 0.1) is 4.90 Å². The summed E-state index contributed by atoms with van der Waals surface area (Å²) in [7, 11) is -3.58. The molecule has 0 aromatic heterocycles. The zero-order valence-electron chi connectivity index (χ0n) is 18.8. The Morgan fingerprint density at radius 1 is 0.879 bits per heavy atom. The maximum absolute atomic E-state index is 13.4. The molecule has 3 aromatic carbocycles. The molecule has 0 unspecified atom stereocenters. The van der Waals surface area contributed by atoms with E-state index < -0.39 is 10.0 Å². The molecule has 2 atom stereocenters. The molecule has 5 rings (SSSR count). The van der Waals surface area contributed by atoms with E-state index in [1.54, 1.807) is 6.07 Å². The van der Waals surface area contributed by atoms with Crippen molar-refractivity contribution < 1.29 is 8.42 Å². The van der Waals surface area contributed by atoms with E-state index >= 15 is 0 Å². The summed E-state index contributed by atoms with van der Waals surface area (Å²) in [6.45, 7) is 2.07. The smallest absolute Gasteiger partial charge is 0.241 e. The minimum absolute atomic E-state index is 0.0261. The number of nitrogens with zero attached hydrogens (tertiary/aromatic N) is 1. The van der Waals surface area contributed by atoms with Gasteiger partial charge in [-0.1, -0.05) is 66.6 Å². The SMILES string of the molecule is O=S(=O)(N[C@@H]1CCC[C@H]1N1CCC(Cc2ccc(Cl)cc2)CC1)c1cccc2ccccc12. The summed E-state index contributed by atoms with van der Waals surface area (Å²) in [6.07, 6.45) is 6.43. The highest BCUT2D eigenvalue weighted by Crippen LogP contribution is 2.31. The highest BCUT2D eigenvalue weighted by atomic mass is 35.5. The summed E-state index contributed by atoms with van der Waals surface area (Å²) in [5, 5.41) is 2.52. The second-order valence-corrected chi connectivity index (χ2v) is 11.6. The first-order valence-corrected chi connectivity index (χ1v) is 13.8. The average molecular weight is 483 g/mol. The van der Waals surface area contributed by atoms with Crippen molar-refractivity contribution in [3.05, 3.63) is 77.3 Å². The Labute approximate surface area is 202 Å². The number of likely N-dealkylation sites (tertiary alicyclic amines) is 1. The number of fused-ring (bicyclic) bond motifs is 1. The van der Waals surface area contributed by atoms with Crippen LogP contribution in [0.4, 0.5) is 0 Å². The van der Waals surface area contributed by atoms with Crippen molar-refractivity contribution >= 4 is 32.4 Å². The van der Waals surface area contributed by atoms with Crippen LogP contribution in [-0.4, -0.2) is 38.5 Å². The molecule has 1 aliphatic carbocycles. The molecule has 0 radical (unpaired) electrons. The van der Waals surface area contributed by atoms with Gasteiger partial charge < -0.3 is 0 Å². The fourth-order valence-corrected chi connectivity index (χ4v) is 7.31. The largest absolute Gasteiger partial charge is 0.299 e. The van der Waals surface area contributed by atoms with Crippen LogP contribution in [0.5, 0.6) is 0 Å². The zero-order chi connectivity index (χ0) is 22.8. The molecule has 0 spiro atoms. The van der Waals surface area contributed by atoms with E-state index in [0.29, 0.717) is 10.8 Å². The van der Waals surface area contributed by atoms with Crippen LogP contribution < -0.4 is 4.72 Å². The Hall–Kier alpha value is -1.92. The van der Waals surface area contributed by atoms with Crippen LogP contribution in [0.25, 0.3) is 10.8 Å². The van der Waals surface area contributed by atoms with Crippen LogP contribution in [0.2, 0.25) is 5.02 Å². The first-order valence-electron chi connectivity index (χ1n) is 12.0. The predicted molar refractivity (Wildman–Crippen MR) is 135 cm³/mol. The van der Waals surface area contributed by atoms with Gasteiger partial charge in [-0.25, -0.2) is 13.1 Å². The van der Waals surface area contributed by atoms with Gasteiger partial charge in [-0.15, -0.1) is 0 Å². The van der Waals surface area contributed by atoms with E-state index in [9.17, 15) is 8.42 Å². The number of hydrogen-bond donors (Lipinski definition) is 1. The van der Waals surface area contributed by atoms with Crippen LogP contribution >= 0.6 is 11.6 Å². The second-order valence-electron chi connectivity index (χ2n) is 9.51. The molecule has 1 aliphatic heterocycles. The van der Waals surface area contributed by atoms with E-state index in [1.165, 1.54) is 5.56 Å². The molecular weight excluding hydrogens is 452 g/mol. The number of piperidine rings is 1. The van der Waals surface area contributed by atoms with Crippen LogP contribution in [0, 0.1) is 5.92 Å². The first-order chi connectivity index (χ1) is 16.0. The second kappa shape index (κ2) is 9.75. The number of hydrogen-bond acceptors (Lipinski definition) is 3. The average Bonchev–Trinajstić information content (AvgIpc) is 3.28. The lowest BCUT2D eigenvalue weighted by atomic mass is 9.89.